The van der Waals surface area contributed by atoms with E-state index >= 15 is 0 Å². The molecule has 3 aromatic rings. The number of rotatable bonds is 4. The Kier molecular flexibility index (Phi) is 3.83. The summed E-state index contributed by atoms with van der Waals surface area (Å²) in [5.74, 6) is -0.105. The van der Waals surface area contributed by atoms with E-state index in [9.17, 15) is 4.79 Å². The van der Waals surface area contributed by atoms with Crippen molar-refractivity contribution in [2.45, 2.75) is 20.3 Å². The van der Waals surface area contributed by atoms with Gasteiger partial charge in [-0.3, -0.25) is 15.6 Å². The highest BCUT2D eigenvalue weighted by Crippen LogP contribution is 2.26. The van der Waals surface area contributed by atoms with Gasteiger partial charge in [0.15, 0.2) is 0 Å². The topological polar surface area (TPSA) is 54.3 Å². The third kappa shape index (κ3) is 2.96. The van der Waals surface area contributed by atoms with Gasteiger partial charge < -0.3 is 4.42 Å². The van der Waals surface area contributed by atoms with E-state index in [0.717, 1.165) is 33.3 Å². The molecule has 1 heterocycles. The van der Waals surface area contributed by atoms with Gasteiger partial charge in [-0.15, -0.1) is 0 Å². The zero-order valence-electron chi connectivity index (χ0n) is 12.6. The Morgan fingerprint density at radius 1 is 1.14 bits per heavy atom. The van der Waals surface area contributed by atoms with Crippen LogP contribution >= 0.6 is 0 Å². The van der Waals surface area contributed by atoms with Gasteiger partial charge in [-0.1, -0.05) is 24.3 Å². The molecule has 0 saturated heterocycles. The van der Waals surface area contributed by atoms with E-state index in [1.54, 1.807) is 6.26 Å². The minimum Gasteiger partial charge on any atom is -0.464 e. The molecular weight excluding hydrogens is 276 g/mol. The number of fused-ring (bicyclic) bond motifs is 1. The molecule has 0 aliphatic carbocycles. The second-order valence-electron chi connectivity index (χ2n) is 5.43. The number of aryl methyl sites for hydroxylation is 2. The van der Waals surface area contributed by atoms with Crippen LogP contribution in [-0.2, 0) is 11.2 Å². The molecule has 0 aliphatic heterocycles. The first kappa shape index (κ1) is 14.2. The molecule has 0 aliphatic rings. The second kappa shape index (κ2) is 5.93. The van der Waals surface area contributed by atoms with Crippen LogP contribution in [0.15, 0.2) is 53.1 Å². The molecule has 1 amide bonds. The van der Waals surface area contributed by atoms with Crippen molar-refractivity contribution in [2.75, 3.05) is 5.43 Å². The number of hydrazine groups is 1. The van der Waals surface area contributed by atoms with Gasteiger partial charge in [-0.2, -0.15) is 0 Å². The lowest BCUT2D eigenvalue weighted by Gasteiger charge is -2.08. The highest BCUT2D eigenvalue weighted by atomic mass is 16.3. The van der Waals surface area contributed by atoms with E-state index in [-0.39, 0.29) is 12.3 Å². The Balaban J connectivity index is 1.72. The first-order valence-electron chi connectivity index (χ1n) is 7.21. The number of furan rings is 1. The van der Waals surface area contributed by atoms with E-state index < -0.39 is 0 Å². The van der Waals surface area contributed by atoms with Crippen LogP contribution in [0.1, 0.15) is 16.7 Å². The number of hydrogen-bond donors (Lipinski definition) is 2. The monoisotopic (exact) mass is 294 g/mol. The fourth-order valence-corrected chi connectivity index (χ4v) is 2.64. The molecule has 0 unspecified atom stereocenters. The minimum atomic E-state index is -0.105. The SMILES string of the molecule is Cc1cc(C)c2c(CC(=O)NNc3ccccc3)coc2c1. The molecule has 2 N–H and O–H groups in total. The summed E-state index contributed by atoms with van der Waals surface area (Å²) in [5.41, 5.74) is 10.5. The van der Waals surface area contributed by atoms with E-state index in [2.05, 4.69) is 16.9 Å². The molecule has 3 rings (SSSR count). The summed E-state index contributed by atoms with van der Waals surface area (Å²) in [6.07, 6.45) is 1.94. The summed E-state index contributed by atoms with van der Waals surface area (Å²) in [5, 5.41) is 1.03. The lowest BCUT2D eigenvalue weighted by molar-refractivity contribution is -0.119. The van der Waals surface area contributed by atoms with E-state index in [4.69, 9.17) is 4.42 Å². The molecule has 1 aromatic heterocycles. The Morgan fingerprint density at radius 3 is 2.68 bits per heavy atom. The average molecular weight is 294 g/mol. The molecule has 0 saturated carbocycles. The third-order valence-electron chi connectivity index (χ3n) is 3.56. The maximum Gasteiger partial charge on any atom is 0.242 e. The zero-order valence-corrected chi connectivity index (χ0v) is 12.6. The Bertz CT molecular complexity index is 807. The van der Waals surface area contributed by atoms with Crippen molar-refractivity contribution in [2.24, 2.45) is 0 Å². The summed E-state index contributed by atoms with van der Waals surface area (Å²) >= 11 is 0. The number of hydrogen-bond acceptors (Lipinski definition) is 3. The largest absolute Gasteiger partial charge is 0.464 e. The Hall–Kier alpha value is -2.75. The second-order valence-corrected chi connectivity index (χ2v) is 5.43. The van der Waals surface area contributed by atoms with Crippen LogP contribution in [0.5, 0.6) is 0 Å². The normalized spacial score (nSPS) is 10.6. The van der Waals surface area contributed by atoms with Crippen molar-refractivity contribution in [3.8, 4) is 0 Å². The molecule has 0 fully saturated rings. The lowest BCUT2D eigenvalue weighted by Crippen LogP contribution is -2.30. The van der Waals surface area contributed by atoms with Crippen molar-refractivity contribution in [1.82, 2.24) is 5.43 Å². The van der Waals surface area contributed by atoms with Crippen LogP contribution in [0.4, 0.5) is 5.69 Å². The van der Waals surface area contributed by atoms with Gasteiger partial charge >= 0.3 is 0 Å². The predicted octanol–water partition coefficient (Wildman–Crippen LogP) is 3.74. The number of para-hydroxylation sites is 1. The predicted molar refractivity (Wildman–Crippen MR) is 87.6 cm³/mol. The molecule has 0 bridgehead atoms. The van der Waals surface area contributed by atoms with E-state index in [1.165, 1.54) is 0 Å². The smallest absolute Gasteiger partial charge is 0.242 e. The highest BCUT2D eigenvalue weighted by Gasteiger charge is 2.12. The Morgan fingerprint density at radius 2 is 1.91 bits per heavy atom. The number of carbonyl (C=O) groups excluding carboxylic acids is 1. The molecule has 112 valence electrons. The maximum atomic E-state index is 12.1. The van der Waals surface area contributed by atoms with Crippen LogP contribution in [0.3, 0.4) is 0 Å². The first-order valence-corrected chi connectivity index (χ1v) is 7.21. The highest BCUT2D eigenvalue weighted by molar-refractivity contribution is 5.90. The van der Waals surface area contributed by atoms with Gasteiger partial charge in [-0.25, -0.2) is 0 Å². The molecule has 0 radical (unpaired) electrons. The third-order valence-corrected chi connectivity index (χ3v) is 3.56. The van der Waals surface area contributed by atoms with Gasteiger partial charge in [-0.05, 0) is 43.2 Å². The molecule has 2 aromatic carbocycles. The number of amides is 1. The number of anilines is 1. The quantitative estimate of drug-likeness (QED) is 0.721. The molecule has 4 heteroatoms. The summed E-state index contributed by atoms with van der Waals surface area (Å²) < 4.78 is 5.57. The average Bonchev–Trinajstić information content (AvgIpc) is 2.89. The number of benzene rings is 2. The minimum absolute atomic E-state index is 0.105. The van der Waals surface area contributed by atoms with Crippen LogP contribution < -0.4 is 10.9 Å². The lowest BCUT2D eigenvalue weighted by atomic mass is 10.0. The van der Waals surface area contributed by atoms with E-state index in [1.807, 2.05) is 50.2 Å². The van der Waals surface area contributed by atoms with Crippen LogP contribution in [-0.4, -0.2) is 5.91 Å². The van der Waals surface area contributed by atoms with Crippen LogP contribution in [0.2, 0.25) is 0 Å². The van der Waals surface area contributed by atoms with Crippen molar-refractivity contribution >= 4 is 22.6 Å². The zero-order chi connectivity index (χ0) is 15.5. The maximum absolute atomic E-state index is 12.1. The fraction of sp³-hybridized carbons (Fsp3) is 0.167. The van der Waals surface area contributed by atoms with Gasteiger partial charge in [0.1, 0.15) is 5.58 Å². The standard InChI is InChI=1S/C18H18N2O2/c1-12-8-13(2)18-14(11-22-16(18)9-12)10-17(21)20-19-15-6-4-3-5-7-15/h3-9,11,19H,10H2,1-2H3,(H,20,21). The van der Waals surface area contributed by atoms with Crippen molar-refractivity contribution in [3.63, 3.8) is 0 Å². The van der Waals surface area contributed by atoms with E-state index in [0.29, 0.717) is 0 Å². The van der Waals surface area contributed by atoms with Crippen LogP contribution in [0, 0.1) is 13.8 Å². The van der Waals surface area contributed by atoms with Gasteiger partial charge in [0.25, 0.3) is 0 Å². The van der Waals surface area contributed by atoms with Crippen LogP contribution in [0.25, 0.3) is 11.0 Å². The van der Waals surface area contributed by atoms with Gasteiger partial charge in [0, 0.05) is 10.9 Å². The fourth-order valence-electron chi connectivity index (χ4n) is 2.64. The van der Waals surface area contributed by atoms with Crippen molar-refractivity contribution in [3.05, 3.63) is 65.4 Å². The molecule has 0 atom stereocenters. The molecule has 22 heavy (non-hydrogen) atoms. The molecule has 4 nitrogen and oxygen atoms in total. The molecule has 0 spiro atoms. The molecular formula is C18H18N2O2. The Labute approximate surface area is 129 Å². The summed E-state index contributed by atoms with van der Waals surface area (Å²) in [6.45, 7) is 4.07. The van der Waals surface area contributed by atoms with Gasteiger partial charge in [0.2, 0.25) is 5.91 Å². The summed E-state index contributed by atoms with van der Waals surface area (Å²) in [7, 11) is 0. The van der Waals surface area contributed by atoms with Crippen molar-refractivity contribution < 1.29 is 9.21 Å². The van der Waals surface area contributed by atoms with Crippen molar-refractivity contribution in [1.29, 1.82) is 0 Å². The number of nitrogens with one attached hydrogen (secondary N) is 2. The number of carbonyl (C=O) groups is 1. The first-order chi connectivity index (χ1) is 10.6. The summed E-state index contributed by atoms with van der Waals surface area (Å²) in [4.78, 5) is 12.1. The van der Waals surface area contributed by atoms with Gasteiger partial charge in [0.05, 0.1) is 18.4 Å². The summed E-state index contributed by atoms with van der Waals surface area (Å²) in [6, 6.07) is 13.6.